The first-order valence-corrected chi connectivity index (χ1v) is 6.67. The van der Waals surface area contributed by atoms with Crippen molar-refractivity contribution in [1.82, 2.24) is 5.32 Å². The molecule has 3 nitrogen and oxygen atoms in total. The van der Waals surface area contributed by atoms with Crippen molar-refractivity contribution in [2.24, 2.45) is 5.92 Å². The number of hydrogen-bond donors (Lipinski definition) is 2. The van der Waals surface area contributed by atoms with Gasteiger partial charge in [0.2, 0.25) is 5.91 Å². The van der Waals surface area contributed by atoms with Gasteiger partial charge in [0.05, 0.1) is 0 Å². The minimum absolute atomic E-state index is 0.0335. The Morgan fingerprint density at radius 1 is 1.47 bits per heavy atom. The Morgan fingerprint density at radius 3 is 2.74 bits per heavy atom. The topological polar surface area (TPSA) is 49.3 Å². The smallest absolute Gasteiger partial charge is 0.244 e. The van der Waals surface area contributed by atoms with E-state index >= 15 is 0 Å². The maximum atomic E-state index is 11.7. The van der Waals surface area contributed by atoms with Gasteiger partial charge in [-0.2, -0.15) is 0 Å². The second-order valence-corrected chi connectivity index (χ2v) is 5.21. The van der Waals surface area contributed by atoms with Gasteiger partial charge in [0.25, 0.3) is 0 Å². The molecule has 0 heterocycles. The lowest BCUT2D eigenvalue weighted by Crippen LogP contribution is -2.37. The van der Waals surface area contributed by atoms with Crippen LogP contribution in [0.2, 0.25) is 5.02 Å². The van der Waals surface area contributed by atoms with E-state index in [0.29, 0.717) is 5.02 Å². The molecule has 0 fully saturated rings. The van der Waals surface area contributed by atoms with E-state index in [-0.39, 0.29) is 24.5 Å². The Hall–Kier alpha value is -1.32. The van der Waals surface area contributed by atoms with Crippen LogP contribution in [0.1, 0.15) is 25.0 Å². The molecule has 104 valence electrons. The fraction of sp³-hybridized carbons (Fsp3) is 0.400. The second kappa shape index (κ2) is 7.31. The molecule has 0 aliphatic carbocycles. The van der Waals surface area contributed by atoms with E-state index in [1.165, 1.54) is 6.08 Å². The van der Waals surface area contributed by atoms with Crippen molar-refractivity contribution in [3.8, 4) is 0 Å². The number of aryl methyl sites for hydroxylation is 1. The lowest BCUT2D eigenvalue weighted by Gasteiger charge is -2.18. The van der Waals surface area contributed by atoms with Gasteiger partial charge in [0.1, 0.15) is 0 Å². The highest BCUT2D eigenvalue weighted by Gasteiger charge is 2.11. The van der Waals surface area contributed by atoms with Gasteiger partial charge >= 0.3 is 0 Å². The van der Waals surface area contributed by atoms with E-state index in [4.69, 9.17) is 16.7 Å². The van der Waals surface area contributed by atoms with Crippen LogP contribution in [0, 0.1) is 12.8 Å². The van der Waals surface area contributed by atoms with Crippen molar-refractivity contribution < 1.29 is 9.90 Å². The molecule has 0 spiro atoms. The van der Waals surface area contributed by atoms with Crippen molar-refractivity contribution in [2.45, 2.75) is 26.8 Å². The molecule has 1 rings (SSSR count). The SMILES string of the molecule is Cc1ccc(/C=C/C(=O)NC(C)C(C)CO)cc1Cl. The fourth-order valence-electron chi connectivity index (χ4n) is 1.46. The van der Waals surface area contributed by atoms with Crippen molar-refractivity contribution in [1.29, 1.82) is 0 Å². The van der Waals surface area contributed by atoms with Gasteiger partial charge in [0, 0.05) is 23.7 Å². The standard InChI is InChI=1S/C15H20ClNO2/c1-10-4-5-13(8-14(10)16)6-7-15(19)17-12(3)11(2)9-18/h4-8,11-12,18H,9H2,1-3H3,(H,17,19)/b7-6+. The number of rotatable bonds is 5. The molecule has 1 aromatic carbocycles. The fourth-order valence-corrected chi connectivity index (χ4v) is 1.65. The molecule has 2 atom stereocenters. The van der Waals surface area contributed by atoms with Crippen LogP contribution >= 0.6 is 11.6 Å². The quantitative estimate of drug-likeness (QED) is 0.816. The van der Waals surface area contributed by atoms with Gasteiger partial charge in [-0.3, -0.25) is 4.79 Å². The average molecular weight is 282 g/mol. The number of nitrogens with one attached hydrogen (secondary N) is 1. The summed E-state index contributed by atoms with van der Waals surface area (Å²) in [7, 11) is 0. The Labute approximate surface area is 119 Å². The molecular weight excluding hydrogens is 262 g/mol. The summed E-state index contributed by atoms with van der Waals surface area (Å²) < 4.78 is 0. The number of halogens is 1. The number of amides is 1. The monoisotopic (exact) mass is 281 g/mol. The minimum Gasteiger partial charge on any atom is -0.396 e. The summed E-state index contributed by atoms with van der Waals surface area (Å²) in [6.07, 6.45) is 3.19. The van der Waals surface area contributed by atoms with Gasteiger partial charge in [-0.15, -0.1) is 0 Å². The summed E-state index contributed by atoms with van der Waals surface area (Å²) >= 11 is 6.01. The van der Waals surface area contributed by atoms with Crippen molar-refractivity contribution >= 4 is 23.6 Å². The van der Waals surface area contributed by atoms with Crippen LogP contribution in [-0.2, 0) is 4.79 Å². The average Bonchev–Trinajstić information content (AvgIpc) is 2.39. The predicted molar refractivity (Wildman–Crippen MR) is 79.1 cm³/mol. The largest absolute Gasteiger partial charge is 0.396 e. The Morgan fingerprint density at radius 2 is 2.16 bits per heavy atom. The summed E-state index contributed by atoms with van der Waals surface area (Å²) in [4.78, 5) is 11.7. The van der Waals surface area contributed by atoms with E-state index in [1.807, 2.05) is 39.0 Å². The van der Waals surface area contributed by atoms with Crippen LogP contribution in [-0.4, -0.2) is 23.7 Å². The highest BCUT2D eigenvalue weighted by Crippen LogP contribution is 2.17. The van der Waals surface area contributed by atoms with Crippen molar-refractivity contribution in [3.63, 3.8) is 0 Å². The van der Waals surface area contributed by atoms with Crippen molar-refractivity contribution in [2.75, 3.05) is 6.61 Å². The van der Waals surface area contributed by atoms with Crippen molar-refractivity contribution in [3.05, 3.63) is 40.4 Å². The van der Waals surface area contributed by atoms with Crippen LogP contribution < -0.4 is 5.32 Å². The zero-order valence-electron chi connectivity index (χ0n) is 11.5. The number of carbonyl (C=O) groups is 1. The lowest BCUT2D eigenvalue weighted by molar-refractivity contribution is -0.117. The Balaban J connectivity index is 2.61. The van der Waals surface area contributed by atoms with Gasteiger partial charge in [-0.25, -0.2) is 0 Å². The normalized spacial score (nSPS) is 14.4. The van der Waals surface area contributed by atoms with Gasteiger partial charge in [0.15, 0.2) is 0 Å². The van der Waals surface area contributed by atoms with Gasteiger partial charge in [-0.1, -0.05) is 30.7 Å². The molecule has 0 saturated heterocycles. The van der Waals surface area contributed by atoms with Crippen LogP contribution in [0.3, 0.4) is 0 Å². The first kappa shape index (κ1) is 15.7. The van der Waals surface area contributed by atoms with Gasteiger partial charge in [-0.05, 0) is 43.0 Å². The van der Waals surface area contributed by atoms with Crippen LogP contribution in [0.25, 0.3) is 6.08 Å². The molecule has 1 amide bonds. The summed E-state index contributed by atoms with van der Waals surface area (Å²) in [6.45, 7) is 5.74. The molecule has 0 aromatic heterocycles. The third-order valence-corrected chi connectivity index (χ3v) is 3.54. The molecular formula is C15H20ClNO2. The number of carbonyl (C=O) groups excluding carboxylic acids is 1. The molecule has 1 aromatic rings. The molecule has 0 aliphatic rings. The summed E-state index contributed by atoms with van der Waals surface area (Å²) in [6, 6.07) is 5.57. The molecule has 2 unspecified atom stereocenters. The molecule has 0 radical (unpaired) electrons. The zero-order chi connectivity index (χ0) is 14.4. The van der Waals surface area contributed by atoms with E-state index in [1.54, 1.807) is 6.08 Å². The Kier molecular flexibility index (Phi) is 6.06. The zero-order valence-corrected chi connectivity index (χ0v) is 12.2. The van der Waals surface area contributed by atoms with E-state index in [0.717, 1.165) is 11.1 Å². The molecule has 4 heteroatoms. The highest BCUT2D eigenvalue weighted by atomic mass is 35.5. The summed E-state index contributed by atoms with van der Waals surface area (Å²) in [5.74, 6) is -0.143. The van der Waals surface area contributed by atoms with E-state index in [2.05, 4.69) is 5.32 Å². The lowest BCUT2D eigenvalue weighted by atomic mass is 10.1. The first-order valence-electron chi connectivity index (χ1n) is 6.29. The van der Waals surface area contributed by atoms with E-state index < -0.39 is 0 Å². The predicted octanol–water partition coefficient (Wildman–Crippen LogP) is 2.79. The maximum absolute atomic E-state index is 11.7. The van der Waals surface area contributed by atoms with Crippen LogP contribution in [0.4, 0.5) is 0 Å². The maximum Gasteiger partial charge on any atom is 0.244 e. The number of benzene rings is 1. The molecule has 2 N–H and O–H groups in total. The summed E-state index contributed by atoms with van der Waals surface area (Å²) in [5, 5.41) is 12.5. The van der Waals surface area contributed by atoms with Crippen LogP contribution in [0.5, 0.6) is 0 Å². The second-order valence-electron chi connectivity index (χ2n) is 4.80. The van der Waals surface area contributed by atoms with E-state index in [9.17, 15) is 4.79 Å². The first-order chi connectivity index (χ1) is 8.93. The number of aliphatic hydroxyl groups is 1. The third-order valence-electron chi connectivity index (χ3n) is 3.13. The number of hydrogen-bond acceptors (Lipinski definition) is 2. The minimum atomic E-state index is -0.176. The highest BCUT2D eigenvalue weighted by molar-refractivity contribution is 6.31. The number of aliphatic hydroxyl groups excluding tert-OH is 1. The molecule has 0 bridgehead atoms. The van der Waals surface area contributed by atoms with Crippen LogP contribution in [0.15, 0.2) is 24.3 Å². The molecule has 0 saturated carbocycles. The molecule has 0 aliphatic heterocycles. The Bertz CT molecular complexity index is 471. The third kappa shape index (κ3) is 5.05. The summed E-state index contributed by atoms with van der Waals surface area (Å²) in [5.41, 5.74) is 1.89. The van der Waals surface area contributed by atoms with Gasteiger partial charge < -0.3 is 10.4 Å². The molecule has 19 heavy (non-hydrogen) atoms.